The first-order valence-electron chi connectivity index (χ1n) is 7.50. The van der Waals surface area contributed by atoms with Crippen LogP contribution in [0.5, 0.6) is 0 Å². The minimum absolute atomic E-state index is 0.0292. The minimum Gasteiger partial charge on any atom is -0.468 e. The molecule has 4 heteroatoms. The normalized spacial score (nSPS) is 16.3. The second-order valence-electron chi connectivity index (χ2n) is 5.73. The zero-order chi connectivity index (χ0) is 14.7. The lowest BCUT2D eigenvalue weighted by molar-refractivity contribution is 0.225. The number of hydrogen-bond donors (Lipinski definition) is 1. The van der Waals surface area contributed by atoms with Crippen molar-refractivity contribution in [3.05, 3.63) is 59.0 Å². The first-order valence-corrected chi connectivity index (χ1v) is 7.87. The van der Waals surface area contributed by atoms with Crippen molar-refractivity contribution in [1.29, 1.82) is 0 Å². The lowest BCUT2D eigenvalue weighted by atomic mass is 10.0. The van der Waals surface area contributed by atoms with Gasteiger partial charge in [-0.05, 0) is 49.1 Å². The molecular formula is C17H21ClN2O. The second-order valence-corrected chi connectivity index (χ2v) is 6.17. The summed E-state index contributed by atoms with van der Waals surface area (Å²) >= 11 is 6.03. The molecule has 1 aliphatic carbocycles. The minimum atomic E-state index is 0.0292. The number of halogens is 1. The number of nitrogens with zero attached hydrogens (tertiary/aromatic N) is 1. The van der Waals surface area contributed by atoms with E-state index in [1.807, 2.05) is 36.4 Å². The van der Waals surface area contributed by atoms with Crippen molar-refractivity contribution in [1.82, 2.24) is 4.90 Å². The van der Waals surface area contributed by atoms with Crippen molar-refractivity contribution in [3.8, 4) is 0 Å². The SMILES string of the molecule is NC(CCN(Cc1ccco1)C1CC1)c1cccc(Cl)c1. The van der Waals surface area contributed by atoms with E-state index in [1.165, 1.54) is 12.8 Å². The summed E-state index contributed by atoms with van der Waals surface area (Å²) in [4.78, 5) is 2.48. The topological polar surface area (TPSA) is 42.4 Å². The van der Waals surface area contributed by atoms with Gasteiger partial charge in [0.15, 0.2) is 0 Å². The number of rotatable bonds is 7. The van der Waals surface area contributed by atoms with Gasteiger partial charge in [0, 0.05) is 23.7 Å². The molecule has 1 unspecified atom stereocenters. The Balaban J connectivity index is 1.56. The summed E-state index contributed by atoms with van der Waals surface area (Å²) in [5, 5.41) is 0.748. The van der Waals surface area contributed by atoms with Crippen LogP contribution in [0.3, 0.4) is 0 Å². The summed E-state index contributed by atoms with van der Waals surface area (Å²) < 4.78 is 5.46. The van der Waals surface area contributed by atoms with Gasteiger partial charge in [-0.1, -0.05) is 23.7 Å². The molecule has 1 aromatic heterocycles. The standard InChI is InChI=1S/C17H21ClN2O/c18-14-4-1-3-13(11-14)17(19)8-9-20(15-6-7-15)12-16-5-2-10-21-16/h1-5,10-11,15,17H,6-9,12,19H2. The monoisotopic (exact) mass is 304 g/mol. The van der Waals surface area contributed by atoms with Crippen LogP contribution in [0.1, 0.15) is 36.6 Å². The van der Waals surface area contributed by atoms with E-state index >= 15 is 0 Å². The fourth-order valence-corrected chi connectivity index (χ4v) is 2.84. The van der Waals surface area contributed by atoms with Gasteiger partial charge < -0.3 is 10.2 Å². The smallest absolute Gasteiger partial charge is 0.117 e. The fourth-order valence-electron chi connectivity index (χ4n) is 2.64. The van der Waals surface area contributed by atoms with Gasteiger partial charge >= 0.3 is 0 Å². The van der Waals surface area contributed by atoms with Gasteiger partial charge in [0.2, 0.25) is 0 Å². The Kier molecular flexibility index (Phi) is 4.63. The van der Waals surface area contributed by atoms with E-state index in [1.54, 1.807) is 6.26 Å². The van der Waals surface area contributed by atoms with Crippen LogP contribution in [0.2, 0.25) is 5.02 Å². The van der Waals surface area contributed by atoms with E-state index in [-0.39, 0.29) is 6.04 Å². The molecule has 0 aliphatic heterocycles. The number of furan rings is 1. The predicted molar refractivity (Wildman–Crippen MR) is 85.1 cm³/mol. The third-order valence-corrected chi connectivity index (χ3v) is 4.24. The first-order chi connectivity index (χ1) is 10.2. The third-order valence-electron chi connectivity index (χ3n) is 4.01. The van der Waals surface area contributed by atoms with Crippen molar-refractivity contribution in [2.75, 3.05) is 6.54 Å². The largest absolute Gasteiger partial charge is 0.468 e. The summed E-state index contributed by atoms with van der Waals surface area (Å²) in [7, 11) is 0. The van der Waals surface area contributed by atoms with Gasteiger partial charge in [0.05, 0.1) is 12.8 Å². The summed E-state index contributed by atoms with van der Waals surface area (Å²) in [5.41, 5.74) is 7.41. The van der Waals surface area contributed by atoms with Crippen LogP contribution in [0.4, 0.5) is 0 Å². The van der Waals surface area contributed by atoms with E-state index in [4.69, 9.17) is 21.8 Å². The predicted octanol–water partition coefficient (Wildman–Crippen LogP) is 3.99. The first kappa shape index (κ1) is 14.6. The highest BCUT2D eigenvalue weighted by molar-refractivity contribution is 6.30. The summed E-state index contributed by atoms with van der Waals surface area (Å²) in [6.45, 7) is 1.86. The molecule has 0 spiro atoms. The Morgan fingerprint density at radius 1 is 1.29 bits per heavy atom. The van der Waals surface area contributed by atoms with Crippen LogP contribution in [-0.4, -0.2) is 17.5 Å². The van der Waals surface area contributed by atoms with Crippen molar-refractivity contribution < 1.29 is 4.42 Å². The second kappa shape index (κ2) is 6.65. The Labute approximate surface area is 130 Å². The molecule has 3 nitrogen and oxygen atoms in total. The van der Waals surface area contributed by atoms with Gasteiger partial charge in [0.1, 0.15) is 5.76 Å². The average molecular weight is 305 g/mol. The lowest BCUT2D eigenvalue weighted by Crippen LogP contribution is -2.29. The molecule has 3 rings (SSSR count). The maximum Gasteiger partial charge on any atom is 0.117 e. The molecule has 0 amide bonds. The molecule has 2 aromatic rings. The van der Waals surface area contributed by atoms with E-state index < -0.39 is 0 Å². The van der Waals surface area contributed by atoms with Crippen LogP contribution in [0.15, 0.2) is 47.1 Å². The number of benzene rings is 1. The zero-order valence-corrected chi connectivity index (χ0v) is 12.8. The highest BCUT2D eigenvalue weighted by Gasteiger charge is 2.29. The van der Waals surface area contributed by atoms with Crippen LogP contribution in [0.25, 0.3) is 0 Å². The van der Waals surface area contributed by atoms with Gasteiger partial charge in [-0.15, -0.1) is 0 Å². The average Bonchev–Trinajstić information content (AvgIpc) is 3.20. The Bertz CT molecular complexity index is 566. The molecule has 0 radical (unpaired) electrons. The van der Waals surface area contributed by atoms with Crippen LogP contribution < -0.4 is 5.73 Å². The third kappa shape index (κ3) is 4.10. The van der Waals surface area contributed by atoms with Crippen molar-refractivity contribution in [3.63, 3.8) is 0 Å². The van der Waals surface area contributed by atoms with Crippen LogP contribution in [0, 0.1) is 0 Å². The van der Waals surface area contributed by atoms with Gasteiger partial charge in [-0.2, -0.15) is 0 Å². The van der Waals surface area contributed by atoms with Gasteiger partial charge in [-0.3, -0.25) is 4.90 Å². The van der Waals surface area contributed by atoms with Crippen molar-refractivity contribution >= 4 is 11.6 Å². The molecule has 1 aromatic carbocycles. The van der Waals surface area contributed by atoms with Crippen LogP contribution in [-0.2, 0) is 6.54 Å². The van der Waals surface area contributed by atoms with Crippen molar-refractivity contribution in [2.45, 2.75) is 37.9 Å². The molecule has 1 aliphatic rings. The van der Waals surface area contributed by atoms with E-state index in [0.717, 1.165) is 35.9 Å². The Hall–Kier alpha value is -1.29. The summed E-state index contributed by atoms with van der Waals surface area (Å²) in [5.74, 6) is 1.03. The fraction of sp³-hybridized carbons (Fsp3) is 0.412. The quantitative estimate of drug-likeness (QED) is 0.841. The maximum atomic E-state index is 6.30. The molecular weight excluding hydrogens is 284 g/mol. The zero-order valence-electron chi connectivity index (χ0n) is 12.0. The molecule has 112 valence electrons. The molecule has 1 heterocycles. The molecule has 1 atom stereocenters. The van der Waals surface area contributed by atoms with E-state index in [2.05, 4.69) is 4.90 Å². The van der Waals surface area contributed by atoms with Crippen LogP contribution >= 0.6 is 11.6 Å². The molecule has 2 N–H and O–H groups in total. The van der Waals surface area contributed by atoms with Gasteiger partial charge in [0.25, 0.3) is 0 Å². The lowest BCUT2D eigenvalue weighted by Gasteiger charge is -2.23. The van der Waals surface area contributed by atoms with Crippen molar-refractivity contribution in [2.24, 2.45) is 5.73 Å². The molecule has 1 fully saturated rings. The van der Waals surface area contributed by atoms with E-state index in [9.17, 15) is 0 Å². The molecule has 0 saturated heterocycles. The number of hydrogen-bond acceptors (Lipinski definition) is 3. The van der Waals surface area contributed by atoms with Gasteiger partial charge in [-0.25, -0.2) is 0 Å². The molecule has 0 bridgehead atoms. The summed E-state index contributed by atoms with van der Waals surface area (Å²) in [6.07, 6.45) is 5.23. The molecule has 21 heavy (non-hydrogen) atoms. The Morgan fingerprint density at radius 3 is 2.81 bits per heavy atom. The number of nitrogens with two attached hydrogens (primary N) is 1. The Morgan fingerprint density at radius 2 is 2.14 bits per heavy atom. The maximum absolute atomic E-state index is 6.30. The molecule has 1 saturated carbocycles. The highest BCUT2D eigenvalue weighted by atomic mass is 35.5. The van der Waals surface area contributed by atoms with E-state index in [0.29, 0.717) is 6.04 Å². The highest BCUT2D eigenvalue weighted by Crippen LogP contribution is 2.29. The summed E-state index contributed by atoms with van der Waals surface area (Å²) in [6, 6.07) is 12.5.